The summed E-state index contributed by atoms with van der Waals surface area (Å²) in [4.78, 5) is 27.3. The van der Waals surface area contributed by atoms with Crippen molar-refractivity contribution in [3.8, 4) is 0 Å². The summed E-state index contributed by atoms with van der Waals surface area (Å²) in [5.41, 5.74) is 4.04. The molecule has 2 saturated heterocycles. The van der Waals surface area contributed by atoms with Crippen LogP contribution in [0.15, 0.2) is 48.7 Å². The van der Waals surface area contributed by atoms with Crippen LogP contribution in [0, 0.1) is 5.92 Å². The third kappa shape index (κ3) is 5.51. The van der Waals surface area contributed by atoms with Gasteiger partial charge in [0, 0.05) is 31.6 Å². The molecule has 5 heterocycles. The van der Waals surface area contributed by atoms with Crippen molar-refractivity contribution in [2.45, 2.75) is 39.2 Å². The van der Waals surface area contributed by atoms with E-state index in [4.69, 9.17) is 24.5 Å². The van der Waals surface area contributed by atoms with Crippen LogP contribution in [0.1, 0.15) is 45.0 Å². The highest BCUT2D eigenvalue weighted by atomic mass is 16.6. The zero-order valence-electron chi connectivity index (χ0n) is 23.4. The Balaban J connectivity index is 1.34. The number of morpholine rings is 1. The van der Waals surface area contributed by atoms with Crippen molar-refractivity contribution in [3.63, 3.8) is 0 Å². The van der Waals surface area contributed by atoms with Gasteiger partial charge in [-0.05, 0) is 64.0 Å². The van der Waals surface area contributed by atoms with Gasteiger partial charge in [-0.25, -0.2) is 9.97 Å². The normalized spacial score (nSPS) is 17.3. The average molecular weight is 541 g/mol. The maximum absolute atomic E-state index is 12.8. The van der Waals surface area contributed by atoms with Gasteiger partial charge in [0.1, 0.15) is 11.3 Å². The number of ether oxygens (including phenoxy) is 2. The SMILES string of the molecule is CC(C)(C)OC(=O)C1CCN(c2c(C=Cc3ccc4ccccc4n3)nc3c(N4CCOCC4)ccnn23)CC1. The number of anilines is 2. The molecule has 1 aromatic carbocycles. The summed E-state index contributed by atoms with van der Waals surface area (Å²) in [6.07, 6.45) is 7.33. The van der Waals surface area contributed by atoms with Gasteiger partial charge >= 0.3 is 5.97 Å². The monoisotopic (exact) mass is 540 g/mol. The first kappa shape index (κ1) is 26.3. The topological polar surface area (TPSA) is 85.1 Å². The van der Waals surface area contributed by atoms with Gasteiger partial charge in [0.2, 0.25) is 0 Å². The quantitative estimate of drug-likeness (QED) is 0.333. The lowest BCUT2D eigenvalue weighted by atomic mass is 9.96. The number of para-hydroxylation sites is 1. The number of benzene rings is 1. The largest absolute Gasteiger partial charge is 0.460 e. The molecule has 0 atom stereocenters. The standard InChI is InChI=1S/C31H36N6O3/c1-31(2,3)40-30(38)23-13-16-36(17-14-23)29-26(11-10-24-9-8-22-6-4-5-7-25(22)33-24)34-28-27(12-15-32-37(28)29)35-18-20-39-21-19-35/h4-12,15,23H,13-14,16-21H2,1-3H3. The Morgan fingerprint density at radius 1 is 0.950 bits per heavy atom. The minimum Gasteiger partial charge on any atom is -0.460 e. The first-order valence-corrected chi connectivity index (χ1v) is 14.1. The van der Waals surface area contributed by atoms with E-state index in [1.807, 2.05) is 74.0 Å². The van der Waals surface area contributed by atoms with E-state index in [1.54, 1.807) is 0 Å². The van der Waals surface area contributed by atoms with Gasteiger partial charge < -0.3 is 19.3 Å². The molecule has 0 saturated carbocycles. The number of imidazole rings is 1. The summed E-state index contributed by atoms with van der Waals surface area (Å²) in [5.74, 6) is 0.720. The number of carbonyl (C=O) groups excluding carboxylic acids is 1. The molecule has 0 bridgehead atoms. The molecule has 0 unspecified atom stereocenters. The lowest BCUT2D eigenvalue weighted by Crippen LogP contribution is -2.39. The van der Waals surface area contributed by atoms with Gasteiger partial charge in [0.05, 0.1) is 42.2 Å². The molecular formula is C31H36N6O3. The zero-order valence-corrected chi connectivity index (χ0v) is 23.4. The molecule has 0 spiro atoms. The number of pyridine rings is 1. The Morgan fingerprint density at radius 2 is 1.73 bits per heavy atom. The second kappa shape index (κ2) is 10.9. The van der Waals surface area contributed by atoms with Crippen molar-refractivity contribution >= 4 is 46.2 Å². The summed E-state index contributed by atoms with van der Waals surface area (Å²) >= 11 is 0. The van der Waals surface area contributed by atoms with Crippen LogP contribution in [0.4, 0.5) is 11.5 Å². The van der Waals surface area contributed by atoms with Gasteiger partial charge in [-0.2, -0.15) is 9.61 Å². The number of aromatic nitrogens is 4. The van der Waals surface area contributed by atoms with E-state index < -0.39 is 5.60 Å². The van der Waals surface area contributed by atoms with Crippen molar-refractivity contribution in [2.75, 3.05) is 49.2 Å². The van der Waals surface area contributed by atoms with Gasteiger partial charge in [0.15, 0.2) is 11.5 Å². The molecule has 208 valence electrons. The lowest BCUT2D eigenvalue weighted by Gasteiger charge is -2.33. The van der Waals surface area contributed by atoms with Crippen LogP contribution in [0.3, 0.4) is 0 Å². The Bertz CT molecular complexity index is 1540. The number of carbonyl (C=O) groups is 1. The highest BCUT2D eigenvalue weighted by molar-refractivity contribution is 5.83. The van der Waals surface area contributed by atoms with Crippen molar-refractivity contribution in [2.24, 2.45) is 5.92 Å². The van der Waals surface area contributed by atoms with Crippen molar-refractivity contribution < 1.29 is 14.3 Å². The molecule has 2 aliphatic heterocycles. The first-order chi connectivity index (χ1) is 19.4. The molecule has 4 aromatic rings. The highest BCUT2D eigenvalue weighted by Gasteiger charge is 2.31. The summed E-state index contributed by atoms with van der Waals surface area (Å²) < 4.78 is 13.2. The summed E-state index contributed by atoms with van der Waals surface area (Å²) in [7, 11) is 0. The molecule has 0 radical (unpaired) electrons. The Morgan fingerprint density at radius 3 is 2.50 bits per heavy atom. The number of nitrogens with zero attached hydrogens (tertiary/aromatic N) is 6. The predicted octanol–water partition coefficient (Wildman–Crippen LogP) is 4.84. The molecule has 0 N–H and O–H groups in total. The van der Waals surface area contributed by atoms with Crippen LogP contribution in [0.25, 0.3) is 28.7 Å². The second-order valence-electron chi connectivity index (χ2n) is 11.4. The predicted molar refractivity (Wildman–Crippen MR) is 157 cm³/mol. The van der Waals surface area contributed by atoms with E-state index in [9.17, 15) is 4.79 Å². The van der Waals surface area contributed by atoms with Crippen molar-refractivity contribution in [1.29, 1.82) is 0 Å². The molecule has 40 heavy (non-hydrogen) atoms. The molecule has 2 fully saturated rings. The summed E-state index contributed by atoms with van der Waals surface area (Å²) in [6.45, 7) is 10.2. The van der Waals surface area contributed by atoms with E-state index in [0.717, 1.165) is 78.5 Å². The smallest absolute Gasteiger partial charge is 0.309 e. The third-order valence-electron chi connectivity index (χ3n) is 7.42. The minimum atomic E-state index is -0.482. The van der Waals surface area contributed by atoms with Gasteiger partial charge in [-0.15, -0.1) is 0 Å². The van der Waals surface area contributed by atoms with Crippen LogP contribution in [0.5, 0.6) is 0 Å². The second-order valence-corrected chi connectivity index (χ2v) is 11.4. The maximum Gasteiger partial charge on any atom is 0.309 e. The zero-order chi connectivity index (χ0) is 27.7. The minimum absolute atomic E-state index is 0.104. The molecule has 0 aliphatic carbocycles. The number of hydrogen-bond acceptors (Lipinski definition) is 8. The molecule has 2 aliphatic rings. The number of rotatable bonds is 5. The summed E-state index contributed by atoms with van der Waals surface area (Å²) in [6, 6.07) is 14.3. The van der Waals surface area contributed by atoms with Crippen molar-refractivity contribution in [3.05, 3.63) is 60.0 Å². The average Bonchev–Trinajstić information content (AvgIpc) is 3.34. The van der Waals surface area contributed by atoms with Crippen LogP contribution >= 0.6 is 0 Å². The van der Waals surface area contributed by atoms with E-state index in [0.29, 0.717) is 13.2 Å². The fourth-order valence-corrected chi connectivity index (χ4v) is 5.45. The Kier molecular flexibility index (Phi) is 7.14. The number of piperidine rings is 1. The Labute approximate surface area is 234 Å². The van der Waals surface area contributed by atoms with Crippen molar-refractivity contribution in [1.82, 2.24) is 19.6 Å². The highest BCUT2D eigenvalue weighted by Crippen LogP contribution is 2.32. The number of fused-ring (bicyclic) bond motifs is 2. The van der Waals surface area contributed by atoms with E-state index in [2.05, 4.69) is 21.9 Å². The van der Waals surface area contributed by atoms with Crippen LogP contribution in [-0.2, 0) is 14.3 Å². The fourth-order valence-electron chi connectivity index (χ4n) is 5.45. The van der Waals surface area contributed by atoms with E-state index in [1.165, 1.54) is 0 Å². The van der Waals surface area contributed by atoms with E-state index >= 15 is 0 Å². The molecule has 9 nitrogen and oxygen atoms in total. The molecule has 3 aromatic heterocycles. The van der Waals surface area contributed by atoms with Crippen LogP contribution in [0.2, 0.25) is 0 Å². The fraction of sp³-hybridized carbons (Fsp3) is 0.419. The molecule has 9 heteroatoms. The lowest BCUT2D eigenvalue weighted by molar-refractivity contribution is -0.160. The maximum atomic E-state index is 12.8. The van der Waals surface area contributed by atoms with Crippen LogP contribution < -0.4 is 9.80 Å². The van der Waals surface area contributed by atoms with E-state index in [-0.39, 0.29) is 11.9 Å². The number of esters is 1. The van der Waals surface area contributed by atoms with Gasteiger partial charge in [-0.1, -0.05) is 24.3 Å². The Hall–Kier alpha value is -3.98. The molecular weight excluding hydrogens is 504 g/mol. The first-order valence-electron chi connectivity index (χ1n) is 14.1. The van der Waals surface area contributed by atoms with Crippen LogP contribution in [-0.4, -0.2) is 70.5 Å². The third-order valence-corrected chi connectivity index (χ3v) is 7.42. The summed E-state index contributed by atoms with van der Waals surface area (Å²) in [5, 5.41) is 5.86. The van der Waals surface area contributed by atoms with Gasteiger partial charge in [0.25, 0.3) is 0 Å². The molecule has 0 amide bonds. The number of hydrogen-bond donors (Lipinski definition) is 0. The molecule has 6 rings (SSSR count). The van der Waals surface area contributed by atoms with Gasteiger partial charge in [-0.3, -0.25) is 4.79 Å².